The summed E-state index contributed by atoms with van der Waals surface area (Å²) in [4.78, 5) is 2.49. The first kappa shape index (κ1) is 15.7. The highest BCUT2D eigenvalue weighted by Crippen LogP contribution is 2.22. The molecule has 1 N–H and O–H groups in total. The summed E-state index contributed by atoms with van der Waals surface area (Å²) in [6, 6.07) is 0. The fraction of sp³-hybridized carbons (Fsp3) is 0.857. The molecule has 0 radical (unpaired) electrons. The fourth-order valence-corrected chi connectivity index (χ4v) is 3.08. The molecule has 1 aromatic heterocycles. The number of aromatic nitrogens is 2. The molecule has 0 amide bonds. The summed E-state index contributed by atoms with van der Waals surface area (Å²) in [6.07, 6.45) is 0.244. The van der Waals surface area contributed by atoms with Crippen LogP contribution in [0.25, 0.3) is 0 Å². The monoisotopic (exact) mass is 298 g/mol. The summed E-state index contributed by atoms with van der Waals surface area (Å²) in [7, 11) is 0. The molecule has 5 nitrogen and oxygen atoms in total. The summed E-state index contributed by atoms with van der Waals surface area (Å²) in [5, 5.41) is 13.7. The third-order valence-electron chi connectivity index (χ3n) is 3.26. The number of hydrogen-bond donors (Lipinski definition) is 1. The molecule has 114 valence electrons. The minimum atomic E-state index is 0.244. The van der Waals surface area contributed by atoms with Crippen molar-refractivity contribution in [2.45, 2.75) is 39.7 Å². The van der Waals surface area contributed by atoms with Gasteiger partial charge in [0.15, 0.2) is 0 Å². The van der Waals surface area contributed by atoms with Crippen LogP contribution in [-0.2, 0) is 4.74 Å². The van der Waals surface area contributed by atoms with Gasteiger partial charge in [0.1, 0.15) is 5.01 Å². The summed E-state index contributed by atoms with van der Waals surface area (Å²) < 4.78 is 5.82. The van der Waals surface area contributed by atoms with E-state index >= 15 is 0 Å². The van der Waals surface area contributed by atoms with Crippen molar-refractivity contribution in [3.8, 4) is 0 Å². The van der Waals surface area contributed by atoms with Crippen molar-refractivity contribution in [2.24, 2.45) is 5.92 Å². The average Bonchev–Trinajstić information content (AvgIpc) is 2.85. The van der Waals surface area contributed by atoms with Crippen molar-refractivity contribution in [1.29, 1.82) is 0 Å². The first-order valence-electron chi connectivity index (χ1n) is 7.45. The molecule has 2 heterocycles. The first-order chi connectivity index (χ1) is 9.54. The van der Waals surface area contributed by atoms with E-state index < -0.39 is 0 Å². The zero-order valence-electron chi connectivity index (χ0n) is 12.9. The Morgan fingerprint density at radius 3 is 2.80 bits per heavy atom. The summed E-state index contributed by atoms with van der Waals surface area (Å²) >= 11 is 1.64. The van der Waals surface area contributed by atoms with Crippen molar-refractivity contribution in [2.75, 3.05) is 38.1 Å². The Morgan fingerprint density at radius 1 is 1.35 bits per heavy atom. The molecule has 0 bridgehead atoms. The Kier molecular flexibility index (Phi) is 5.74. The highest BCUT2D eigenvalue weighted by atomic mass is 32.1. The Morgan fingerprint density at radius 2 is 2.15 bits per heavy atom. The van der Waals surface area contributed by atoms with Gasteiger partial charge in [-0.15, -0.1) is 10.2 Å². The van der Waals surface area contributed by atoms with Crippen LogP contribution in [0.1, 0.15) is 38.6 Å². The minimum absolute atomic E-state index is 0.244. The Hall–Kier alpha value is -0.720. The van der Waals surface area contributed by atoms with Crippen LogP contribution in [0.4, 0.5) is 5.13 Å². The molecule has 1 fully saturated rings. The molecule has 0 saturated carbocycles. The summed E-state index contributed by atoms with van der Waals surface area (Å²) in [5.74, 6) is 1.15. The van der Waals surface area contributed by atoms with E-state index in [-0.39, 0.29) is 6.10 Å². The lowest BCUT2D eigenvalue weighted by atomic mass is 10.2. The van der Waals surface area contributed by atoms with E-state index in [1.807, 2.05) is 0 Å². The number of rotatable bonds is 6. The maximum absolute atomic E-state index is 5.82. The number of ether oxygens (including phenoxy) is 1. The predicted octanol–water partition coefficient (Wildman–Crippen LogP) is 2.43. The molecular weight excluding hydrogens is 272 g/mol. The van der Waals surface area contributed by atoms with Crippen molar-refractivity contribution in [3.05, 3.63) is 5.01 Å². The lowest BCUT2D eigenvalue weighted by molar-refractivity contribution is -0.0244. The van der Waals surface area contributed by atoms with Gasteiger partial charge in [0, 0.05) is 32.1 Å². The maximum Gasteiger partial charge on any atom is 0.205 e. The van der Waals surface area contributed by atoms with E-state index in [1.165, 1.54) is 0 Å². The van der Waals surface area contributed by atoms with Crippen LogP contribution in [0.3, 0.4) is 0 Å². The zero-order chi connectivity index (χ0) is 14.5. The quantitative estimate of drug-likeness (QED) is 0.874. The van der Waals surface area contributed by atoms with Gasteiger partial charge in [0.05, 0.1) is 12.7 Å². The van der Waals surface area contributed by atoms with E-state index in [2.05, 4.69) is 48.1 Å². The van der Waals surface area contributed by atoms with Gasteiger partial charge in [-0.1, -0.05) is 39.0 Å². The summed E-state index contributed by atoms with van der Waals surface area (Å²) in [5.41, 5.74) is 0. The molecule has 1 aliphatic rings. The molecule has 6 heteroatoms. The van der Waals surface area contributed by atoms with Gasteiger partial charge < -0.3 is 10.1 Å². The molecule has 0 aromatic carbocycles. The average molecular weight is 298 g/mol. The van der Waals surface area contributed by atoms with Gasteiger partial charge in [-0.05, 0) is 5.92 Å². The highest BCUT2D eigenvalue weighted by Gasteiger charge is 2.21. The molecular formula is C14H26N4OS. The smallest absolute Gasteiger partial charge is 0.205 e. The van der Waals surface area contributed by atoms with Crippen molar-refractivity contribution in [1.82, 2.24) is 15.1 Å². The third kappa shape index (κ3) is 4.68. The molecule has 1 aromatic rings. The Labute approximate surface area is 125 Å². The van der Waals surface area contributed by atoms with E-state index in [1.54, 1.807) is 11.3 Å². The topological polar surface area (TPSA) is 50.3 Å². The van der Waals surface area contributed by atoms with Crippen molar-refractivity contribution < 1.29 is 4.74 Å². The SMILES string of the molecule is CC(C)CN1CCOC(CNc2nnc(C(C)C)s2)C1. The van der Waals surface area contributed by atoms with Gasteiger partial charge in [-0.2, -0.15) is 0 Å². The van der Waals surface area contributed by atoms with Crippen LogP contribution in [-0.4, -0.2) is 54.0 Å². The first-order valence-corrected chi connectivity index (χ1v) is 8.27. The second kappa shape index (κ2) is 7.33. The minimum Gasteiger partial charge on any atom is -0.374 e. The molecule has 0 aliphatic carbocycles. The van der Waals surface area contributed by atoms with Gasteiger partial charge in [-0.25, -0.2) is 0 Å². The van der Waals surface area contributed by atoms with E-state index in [0.717, 1.165) is 42.9 Å². The van der Waals surface area contributed by atoms with Gasteiger partial charge in [0.2, 0.25) is 5.13 Å². The number of hydrogen-bond acceptors (Lipinski definition) is 6. The zero-order valence-corrected chi connectivity index (χ0v) is 13.7. The van der Waals surface area contributed by atoms with E-state index in [0.29, 0.717) is 11.8 Å². The normalized spacial score (nSPS) is 20.8. The van der Waals surface area contributed by atoms with Crippen LogP contribution in [0.2, 0.25) is 0 Å². The Bertz CT molecular complexity index is 408. The molecule has 2 rings (SSSR count). The molecule has 1 unspecified atom stereocenters. The predicted molar refractivity (Wildman–Crippen MR) is 83.5 cm³/mol. The maximum atomic E-state index is 5.82. The van der Waals surface area contributed by atoms with E-state index in [9.17, 15) is 0 Å². The van der Waals surface area contributed by atoms with Gasteiger partial charge >= 0.3 is 0 Å². The second-order valence-corrected chi connectivity index (χ2v) is 7.14. The third-order valence-corrected chi connectivity index (χ3v) is 4.44. The summed E-state index contributed by atoms with van der Waals surface area (Å²) in [6.45, 7) is 13.6. The Balaban J connectivity index is 1.78. The molecule has 20 heavy (non-hydrogen) atoms. The number of morpholine rings is 1. The van der Waals surface area contributed by atoms with Crippen LogP contribution in [0.15, 0.2) is 0 Å². The van der Waals surface area contributed by atoms with Crippen molar-refractivity contribution in [3.63, 3.8) is 0 Å². The van der Waals surface area contributed by atoms with Crippen LogP contribution in [0.5, 0.6) is 0 Å². The molecule has 1 saturated heterocycles. The molecule has 1 atom stereocenters. The molecule has 1 aliphatic heterocycles. The van der Waals surface area contributed by atoms with Crippen LogP contribution in [0, 0.1) is 5.92 Å². The lowest BCUT2D eigenvalue weighted by Crippen LogP contribution is -2.46. The molecule has 0 spiro atoms. The van der Waals surface area contributed by atoms with Crippen LogP contribution < -0.4 is 5.32 Å². The van der Waals surface area contributed by atoms with Gasteiger partial charge in [0.25, 0.3) is 0 Å². The number of anilines is 1. The fourth-order valence-electron chi connectivity index (χ4n) is 2.33. The largest absolute Gasteiger partial charge is 0.374 e. The second-order valence-electron chi connectivity index (χ2n) is 6.13. The van der Waals surface area contributed by atoms with Gasteiger partial charge in [-0.3, -0.25) is 4.90 Å². The lowest BCUT2D eigenvalue weighted by Gasteiger charge is -2.33. The van der Waals surface area contributed by atoms with Crippen molar-refractivity contribution >= 4 is 16.5 Å². The highest BCUT2D eigenvalue weighted by molar-refractivity contribution is 7.15. The standard InChI is InChI=1S/C14H26N4OS/c1-10(2)8-18-5-6-19-12(9-18)7-15-14-17-16-13(20-14)11(3)4/h10-12H,5-9H2,1-4H3,(H,15,17). The number of nitrogens with one attached hydrogen (secondary N) is 1. The number of nitrogens with zero attached hydrogens (tertiary/aromatic N) is 3. The van der Waals surface area contributed by atoms with E-state index in [4.69, 9.17) is 4.74 Å². The van der Waals surface area contributed by atoms with Crippen LogP contribution >= 0.6 is 11.3 Å².